The Bertz CT molecular complexity index is 1310. The molecule has 4 aromatic carbocycles. The summed E-state index contributed by atoms with van der Waals surface area (Å²) in [5.74, 6) is -0.0544. The highest BCUT2D eigenvalue weighted by atomic mass is 35.5. The van der Waals surface area contributed by atoms with Crippen LogP contribution in [0.2, 0.25) is 5.02 Å². The second kappa shape index (κ2) is 10.4. The van der Waals surface area contributed by atoms with Crippen molar-refractivity contribution in [1.82, 2.24) is 5.43 Å². The first-order chi connectivity index (χ1) is 16.1. The van der Waals surface area contributed by atoms with E-state index >= 15 is 0 Å². The Kier molecular flexibility index (Phi) is 6.97. The number of rotatable bonds is 7. The van der Waals surface area contributed by atoms with Gasteiger partial charge < -0.3 is 9.47 Å². The highest BCUT2D eigenvalue weighted by molar-refractivity contribution is 6.30. The van der Waals surface area contributed by atoms with E-state index in [4.69, 9.17) is 21.1 Å². The zero-order chi connectivity index (χ0) is 23.0. The maximum atomic E-state index is 12.6. The molecule has 0 aromatic heterocycles. The van der Waals surface area contributed by atoms with E-state index < -0.39 is 11.9 Å². The van der Waals surface area contributed by atoms with Crippen LogP contribution >= 0.6 is 11.6 Å². The van der Waals surface area contributed by atoms with Crippen LogP contribution in [0.25, 0.3) is 10.8 Å². The van der Waals surface area contributed by atoms with Gasteiger partial charge in [-0.3, -0.25) is 4.79 Å². The number of ether oxygens (including phenoxy) is 2. The van der Waals surface area contributed by atoms with Gasteiger partial charge >= 0.3 is 5.97 Å². The highest BCUT2D eigenvalue weighted by Gasteiger charge is 2.13. The summed E-state index contributed by atoms with van der Waals surface area (Å²) >= 11 is 5.89. The van der Waals surface area contributed by atoms with Crippen LogP contribution in [0, 0.1) is 0 Å². The lowest BCUT2D eigenvalue weighted by Gasteiger charge is -2.11. The number of hydrazone groups is 1. The molecule has 7 heteroatoms. The third kappa shape index (κ3) is 5.75. The minimum absolute atomic E-state index is 0.185. The smallest absolute Gasteiger partial charge is 0.343 e. The van der Waals surface area contributed by atoms with Crippen molar-refractivity contribution in [2.24, 2.45) is 5.10 Å². The predicted octanol–water partition coefficient (Wildman–Crippen LogP) is 5.24. The lowest BCUT2D eigenvalue weighted by Crippen LogP contribution is -2.24. The van der Waals surface area contributed by atoms with Gasteiger partial charge in [0.25, 0.3) is 5.91 Å². The van der Waals surface area contributed by atoms with Crippen molar-refractivity contribution in [2.75, 3.05) is 6.61 Å². The molecule has 0 saturated heterocycles. The molecule has 33 heavy (non-hydrogen) atoms. The van der Waals surface area contributed by atoms with Gasteiger partial charge in [-0.25, -0.2) is 10.2 Å². The minimum atomic E-state index is -0.531. The average molecular weight is 459 g/mol. The molecule has 0 aliphatic rings. The number of nitrogens with one attached hydrogen (secondary N) is 1. The number of nitrogens with zero attached hydrogens (tertiary/aromatic N) is 1. The van der Waals surface area contributed by atoms with E-state index in [2.05, 4.69) is 10.5 Å². The summed E-state index contributed by atoms with van der Waals surface area (Å²) < 4.78 is 11.0. The van der Waals surface area contributed by atoms with Crippen molar-refractivity contribution in [2.45, 2.75) is 0 Å². The Labute approximate surface area is 195 Å². The summed E-state index contributed by atoms with van der Waals surface area (Å²) in [7, 11) is 0. The SMILES string of the molecule is O=C(COc1ccccc1)NN=Cc1c(OC(=O)c2ccc(Cl)cc2)ccc2ccccc12. The molecule has 1 N–H and O–H groups in total. The van der Waals surface area contributed by atoms with Gasteiger partial charge in [-0.05, 0) is 53.2 Å². The number of carbonyl (C=O) groups is 2. The van der Waals surface area contributed by atoms with Crippen LogP contribution in [0.15, 0.2) is 96.1 Å². The standard InChI is InChI=1S/C26H19ClN2O4/c27-20-13-10-19(11-14-20)26(31)33-24-15-12-18-6-4-5-9-22(18)23(24)16-28-29-25(30)17-32-21-7-2-1-3-8-21/h1-16H,17H2,(H,29,30). The lowest BCUT2D eigenvalue weighted by atomic mass is 10.0. The molecule has 6 nitrogen and oxygen atoms in total. The molecule has 0 radical (unpaired) electrons. The van der Waals surface area contributed by atoms with Gasteiger partial charge in [0.15, 0.2) is 6.61 Å². The summed E-state index contributed by atoms with van der Waals surface area (Å²) in [4.78, 5) is 24.7. The molecule has 4 aromatic rings. The van der Waals surface area contributed by atoms with Crippen molar-refractivity contribution in [1.29, 1.82) is 0 Å². The summed E-state index contributed by atoms with van der Waals surface area (Å²) in [6.07, 6.45) is 1.45. The number of esters is 1. The molecule has 0 atom stereocenters. The molecule has 0 heterocycles. The molecule has 0 fully saturated rings. The number of hydrogen-bond acceptors (Lipinski definition) is 5. The van der Waals surface area contributed by atoms with Gasteiger partial charge in [-0.15, -0.1) is 0 Å². The zero-order valence-electron chi connectivity index (χ0n) is 17.4. The molecule has 0 aliphatic carbocycles. The number of carbonyl (C=O) groups excluding carboxylic acids is 2. The Morgan fingerprint density at radius 3 is 2.39 bits per heavy atom. The number of halogens is 1. The van der Waals surface area contributed by atoms with Crippen molar-refractivity contribution in [3.05, 3.63) is 107 Å². The fourth-order valence-electron chi connectivity index (χ4n) is 3.11. The quantitative estimate of drug-likeness (QED) is 0.178. The van der Waals surface area contributed by atoms with Crippen molar-refractivity contribution < 1.29 is 19.1 Å². The van der Waals surface area contributed by atoms with E-state index in [1.807, 2.05) is 48.5 Å². The molecule has 0 bridgehead atoms. The zero-order valence-corrected chi connectivity index (χ0v) is 18.2. The molecule has 0 spiro atoms. The van der Waals surface area contributed by atoms with E-state index in [0.29, 0.717) is 27.6 Å². The molecule has 0 unspecified atom stereocenters. The van der Waals surface area contributed by atoms with Crippen LogP contribution in [-0.4, -0.2) is 24.7 Å². The van der Waals surface area contributed by atoms with Crippen LogP contribution in [0.3, 0.4) is 0 Å². The predicted molar refractivity (Wildman–Crippen MR) is 128 cm³/mol. The highest BCUT2D eigenvalue weighted by Crippen LogP contribution is 2.27. The molecule has 1 amide bonds. The topological polar surface area (TPSA) is 77.0 Å². The first-order valence-electron chi connectivity index (χ1n) is 10.1. The average Bonchev–Trinajstić information content (AvgIpc) is 2.85. The monoisotopic (exact) mass is 458 g/mol. The Hall–Kier alpha value is -4.16. The lowest BCUT2D eigenvalue weighted by molar-refractivity contribution is -0.123. The van der Waals surface area contributed by atoms with Gasteiger partial charge in [-0.2, -0.15) is 5.10 Å². The summed E-state index contributed by atoms with van der Waals surface area (Å²) in [6.45, 7) is -0.185. The Balaban J connectivity index is 1.51. The van der Waals surface area contributed by atoms with Crippen LogP contribution < -0.4 is 14.9 Å². The summed E-state index contributed by atoms with van der Waals surface area (Å²) in [5.41, 5.74) is 3.35. The van der Waals surface area contributed by atoms with E-state index in [0.717, 1.165) is 10.8 Å². The molecule has 0 aliphatic heterocycles. The van der Waals surface area contributed by atoms with Crippen molar-refractivity contribution in [3.63, 3.8) is 0 Å². The third-order valence-electron chi connectivity index (χ3n) is 4.71. The first-order valence-corrected chi connectivity index (χ1v) is 10.5. The van der Waals surface area contributed by atoms with Gasteiger partial charge in [-0.1, -0.05) is 60.1 Å². The number of fused-ring (bicyclic) bond motifs is 1. The second-order valence-corrected chi connectivity index (χ2v) is 7.43. The van der Waals surface area contributed by atoms with Crippen LogP contribution in [0.1, 0.15) is 15.9 Å². The maximum absolute atomic E-state index is 12.6. The molecule has 164 valence electrons. The summed E-state index contributed by atoms with van der Waals surface area (Å²) in [6, 6.07) is 26.6. The number of amides is 1. The third-order valence-corrected chi connectivity index (χ3v) is 4.96. The molecular formula is C26H19ClN2O4. The van der Waals surface area contributed by atoms with E-state index in [1.54, 1.807) is 42.5 Å². The fourth-order valence-corrected chi connectivity index (χ4v) is 3.24. The normalized spacial score (nSPS) is 10.8. The second-order valence-electron chi connectivity index (χ2n) is 6.99. The van der Waals surface area contributed by atoms with Gasteiger partial charge in [0.1, 0.15) is 11.5 Å². The van der Waals surface area contributed by atoms with Crippen LogP contribution in [0.5, 0.6) is 11.5 Å². The maximum Gasteiger partial charge on any atom is 0.343 e. The first kappa shape index (κ1) is 22.0. The Morgan fingerprint density at radius 1 is 0.879 bits per heavy atom. The van der Waals surface area contributed by atoms with Crippen LogP contribution in [0.4, 0.5) is 0 Å². The fraction of sp³-hybridized carbons (Fsp3) is 0.0385. The largest absolute Gasteiger partial charge is 0.484 e. The Morgan fingerprint density at radius 2 is 1.61 bits per heavy atom. The minimum Gasteiger partial charge on any atom is -0.484 e. The van der Waals surface area contributed by atoms with Gasteiger partial charge in [0.05, 0.1) is 11.8 Å². The van der Waals surface area contributed by atoms with Gasteiger partial charge in [0, 0.05) is 10.6 Å². The number of para-hydroxylation sites is 1. The summed E-state index contributed by atoms with van der Waals surface area (Å²) in [5, 5.41) is 6.32. The van der Waals surface area contributed by atoms with Crippen molar-refractivity contribution >= 4 is 40.5 Å². The van der Waals surface area contributed by atoms with E-state index in [1.165, 1.54) is 6.21 Å². The van der Waals surface area contributed by atoms with Gasteiger partial charge in [0.2, 0.25) is 0 Å². The van der Waals surface area contributed by atoms with E-state index in [-0.39, 0.29) is 6.61 Å². The number of hydrogen-bond donors (Lipinski definition) is 1. The van der Waals surface area contributed by atoms with E-state index in [9.17, 15) is 9.59 Å². The molecule has 0 saturated carbocycles. The molecular weight excluding hydrogens is 440 g/mol. The molecule has 4 rings (SSSR count). The van der Waals surface area contributed by atoms with Crippen molar-refractivity contribution in [3.8, 4) is 11.5 Å². The van der Waals surface area contributed by atoms with Crippen LogP contribution in [-0.2, 0) is 4.79 Å². The number of benzene rings is 4.